The van der Waals surface area contributed by atoms with Crippen molar-refractivity contribution in [3.63, 3.8) is 0 Å². The standard InChI is InChI=1S/C22H26NOSi/c1-22(2,3)20-18(25(4)5)13-12-17(21(23)24)19(20)16-11-10-14-8-6-7-9-15(14)16/h6-13,16H,1-5H3,(H2,23,24). The smallest absolute Gasteiger partial charge is 0.249 e. The van der Waals surface area contributed by atoms with Crippen molar-refractivity contribution in [2.24, 2.45) is 5.73 Å². The minimum absolute atomic E-state index is 0.0521. The summed E-state index contributed by atoms with van der Waals surface area (Å²) in [6.45, 7) is 11.3. The lowest BCUT2D eigenvalue weighted by Gasteiger charge is -2.31. The molecule has 0 saturated carbocycles. The van der Waals surface area contributed by atoms with E-state index in [9.17, 15) is 4.79 Å². The van der Waals surface area contributed by atoms with E-state index in [0.29, 0.717) is 5.56 Å². The first-order valence-corrected chi connectivity index (χ1v) is 11.3. The highest BCUT2D eigenvalue weighted by Crippen LogP contribution is 2.41. The Balaban J connectivity index is 2.36. The molecule has 2 aromatic carbocycles. The molecule has 2 aromatic rings. The van der Waals surface area contributed by atoms with E-state index in [4.69, 9.17) is 5.73 Å². The molecule has 1 radical (unpaired) electrons. The van der Waals surface area contributed by atoms with Gasteiger partial charge in [0.2, 0.25) is 5.91 Å². The topological polar surface area (TPSA) is 43.1 Å². The normalized spacial score (nSPS) is 16.3. The molecule has 1 aliphatic rings. The molecule has 2 N–H and O–H groups in total. The first kappa shape index (κ1) is 17.7. The summed E-state index contributed by atoms with van der Waals surface area (Å²) in [5, 5.41) is 1.40. The Kier molecular flexibility index (Phi) is 4.46. The number of fused-ring (bicyclic) bond motifs is 1. The number of hydrogen-bond acceptors (Lipinski definition) is 1. The van der Waals surface area contributed by atoms with Crippen molar-refractivity contribution in [3.8, 4) is 0 Å². The number of allylic oxidation sites excluding steroid dienone is 1. The molecule has 0 aliphatic heterocycles. The van der Waals surface area contributed by atoms with Gasteiger partial charge < -0.3 is 5.73 Å². The van der Waals surface area contributed by atoms with Crippen LogP contribution in [0.4, 0.5) is 0 Å². The van der Waals surface area contributed by atoms with E-state index < -0.39 is 8.80 Å². The fourth-order valence-corrected chi connectivity index (χ4v) is 5.31. The summed E-state index contributed by atoms with van der Waals surface area (Å²) in [7, 11) is -0.670. The largest absolute Gasteiger partial charge is 0.366 e. The van der Waals surface area contributed by atoms with Gasteiger partial charge in [-0.3, -0.25) is 4.79 Å². The van der Waals surface area contributed by atoms with Gasteiger partial charge in [-0.25, -0.2) is 0 Å². The molecular formula is C22H26NOSi. The quantitative estimate of drug-likeness (QED) is 0.830. The van der Waals surface area contributed by atoms with Crippen LogP contribution in [0.25, 0.3) is 6.08 Å². The van der Waals surface area contributed by atoms with Gasteiger partial charge in [-0.05, 0) is 33.7 Å². The SMILES string of the molecule is C[Si](C)c1ccc(C(N)=O)c(C2C=Cc3ccccc32)c1C(C)(C)C. The Morgan fingerprint density at radius 2 is 1.76 bits per heavy atom. The Hall–Kier alpha value is -2.13. The molecule has 0 aromatic heterocycles. The molecule has 0 spiro atoms. The number of hydrogen-bond donors (Lipinski definition) is 1. The maximum atomic E-state index is 12.3. The third kappa shape index (κ3) is 3.09. The highest BCUT2D eigenvalue weighted by molar-refractivity contribution is 6.71. The number of rotatable bonds is 3. The van der Waals surface area contributed by atoms with Gasteiger partial charge in [0.25, 0.3) is 0 Å². The van der Waals surface area contributed by atoms with Gasteiger partial charge in [-0.15, -0.1) is 0 Å². The van der Waals surface area contributed by atoms with Crippen molar-refractivity contribution in [1.29, 1.82) is 0 Å². The first-order valence-electron chi connectivity index (χ1n) is 8.76. The molecule has 3 heteroatoms. The predicted molar refractivity (Wildman–Crippen MR) is 108 cm³/mol. The van der Waals surface area contributed by atoms with Crippen LogP contribution in [0.3, 0.4) is 0 Å². The van der Waals surface area contributed by atoms with Gasteiger partial charge in [0.05, 0.1) is 8.80 Å². The molecule has 0 bridgehead atoms. The molecule has 1 atom stereocenters. The van der Waals surface area contributed by atoms with Crippen LogP contribution in [0.5, 0.6) is 0 Å². The van der Waals surface area contributed by atoms with E-state index in [0.717, 1.165) is 5.56 Å². The second-order valence-electron chi connectivity index (χ2n) is 8.03. The molecule has 2 nitrogen and oxygen atoms in total. The summed E-state index contributed by atoms with van der Waals surface area (Å²) in [6, 6.07) is 12.5. The summed E-state index contributed by atoms with van der Waals surface area (Å²) in [5.41, 5.74) is 11.3. The molecule has 129 valence electrons. The Morgan fingerprint density at radius 1 is 1.08 bits per heavy atom. The summed E-state index contributed by atoms with van der Waals surface area (Å²) in [4.78, 5) is 12.3. The minimum atomic E-state index is -0.670. The van der Waals surface area contributed by atoms with E-state index in [1.165, 1.54) is 21.9 Å². The Labute approximate surface area is 152 Å². The average Bonchev–Trinajstić information content (AvgIpc) is 2.96. The van der Waals surface area contributed by atoms with Crippen LogP contribution in [0.1, 0.15) is 59.3 Å². The van der Waals surface area contributed by atoms with Crippen LogP contribution in [0.2, 0.25) is 13.1 Å². The van der Waals surface area contributed by atoms with Crippen LogP contribution in [-0.2, 0) is 5.41 Å². The number of carbonyl (C=O) groups excluding carboxylic acids is 1. The monoisotopic (exact) mass is 348 g/mol. The molecule has 1 amide bonds. The second kappa shape index (κ2) is 6.30. The van der Waals surface area contributed by atoms with Crippen molar-refractivity contribution >= 4 is 26.0 Å². The maximum absolute atomic E-state index is 12.3. The molecule has 1 unspecified atom stereocenters. The van der Waals surface area contributed by atoms with Crippen LogP contribution >= 0.6 is 0 Å². The van der Waals surface area contributed by atoms with Gasteiger partial charge in [0.15, 0.2) is 0 Å². The van der Waals surface area contributed by atoms with Crippen LogP contribution in [0.15, 0.2) is 42.5 Å². The van der Waals surface area contributed by atoms with Crippen molar-refractivity contribution in [2.45, 2.75) is 45.2 Å². The maximum Gasteiger partial charge on any atom is 0.249 e. The lowest BCUT2D eigenvalue weighted by molar-refractivity contribution is 0.0999. The van der Waals surface area contributed by atoms with Crippen molar-refractivity contribution in [1.82, 2.24) is 0 Å². The predicted octanol–water partition coefficient (Wildman–Crippen LogP) is 4.20. The number of benzene rings is 2. The van der Waals surface area contributed by atoms with Crippen LogP contribution in [-0.4, -0.2) is 14.7 Å². The second-order valence-corrected chi connectivity index (χ2v) is 10.6. The Morgan fingerprint density at radius 3 is 2.36 bits per heavy atom. The minimum Gasteiger partial charge on any atom is -0.366 e. The number of amides is 1. The number of nitrogens with two attached hydrogens (primary N) is 1. The van der Waals surface area contributed by atoms with Gasteiger partial charge in [0.1, 0.15) is 0 Å². The van der Waals surface area contributed by atoms with E-state index in [-0.39, 0.29) is 17.2 Å². The van der Waals surface area contributed by atoms with E-state index in [1.807, 2.05) is 6.07 Å². The molecule has 0 heterocycles. The molecule has 25 heavy (non-hydrogen) atoms. The molecule has 3 rings (SSSR count). The van der Waals surface area contributed by atoms with Crippen molar-refractivity contribution < 1.29 is 4.79 Å². The third-order valence-corrected chi connectivity index (χ3v) is 6.40. The summed E-state index contributed by atoms with van der Waals surface area (Å²) < 4.78 is 0. The zero-order valence-electron chi connectivity index (χ0n) is 15.7. The highest BCUT2D eigenvalue weighted by Gasteiger charge is 2.32. The lowest BCUT2D eigenvalue weighted by atomic mass is 9.76. The molecular weight excluding hydrogens is 322 g/mol. The Bertz CT molecular complexity index is 859. The molecule has 0 fully saturated rings. The van der Waals surface area contributed by atoms with Gasteiger partial charge in [0, 0.05) is 11.5 Å². The fourth-order valence-electron chi connectivity index (χ4n) is 3.88. The van der Waals surface area contributed by atoms with Crippen molar-refractivity contribution in [2.75, 3.05) is 0 Å². The van der Waals surface area contributed by atoms with E-state index in [2.05, 4.69) is 76.3 Å². The summed E-state index contributed by atoms with van der Waals surface area (Å²) >= 11 is 0. The molecule has 0 saturated heterocycles. The number of primary amides is 1. The fraction of sp³-hybridized carbons (Fsp3) is 0.318. The summed E-state index contributed by atoms with van der Waals surface area (Å²) in [5.74, 6) is -0.250. The van der Waals surface area contributed by atoms with Gasteiger partial charge in [-0.2, -0.15) is 0 Å². The van der Waals surface area contributed by atoms with Crippen LogP contribution < -0.4 is 10.9 Å². The highest BCUT2D eigenvalue weighted by atomic mass is 28.3. The van der Waals surface area contributed by atoms with Gasteiger partial charge >= 0.3 is 0 Å². The molecule has 1 aliphatic carbocycles. The average molecular weight is 349 g/mol. The zero-order chi connectivity index (χ0) is 18.4. The first-order chi connectivity index (χ1) is 11.7. The third-order valence-electron chi connectivity index (χ3n) is 4.91. The lowest BCUT2D eigenvalue weighted by Crippen LogP contribution is -2.36. The van der Waals surface area contributed by atoms with E-state index in [1.54, 1.807) is 0 Å². The summed E-state index contributed by atoms with van der Waals surface area (Å²) in [6.07, 6.45) is 4.37. The number of carbonyl (C=O) groups is 1. The van der Waals surface area contributed by atoms with Crippen molar-refractivity contribution in [3.05, 3.63) is 70.3 Å². The van der Waals surface area contributed by atoms with Crippen LogP contribution in [0, 0.1) is 0 Å². The van der Waals surface area contributed by atoms with E-state index >= 15 is 0 Å². The zero-order valence-corrected chi connectivity index (χ0v) is 16.7. The van der Waals surface area contributed by atoms with Gasteiger partial charge in [-0.1, -0.05) is 81.5 Å².